The van der Waals surface area contributed by atoms with Crippen molar-refractivity contribution in [3.05, 3.63) is 83.2 Å². The highest BCUT2D eigenvalue weighted by Crippen LogP contribution is 2.52. The maximum Gasteiger partial charge on any atom is 0.586 e. The van der Waals surface area contributed by atoms with Gasteiger partial charge in [-0.3, -0.25) is 9.78 Å². The van der Waals surface area contributed by atoms with Crippen molar-refractivity contribution in [3.8, 4) is 17.2 Å². The first-order chi connectivity index (χ1) is 17.2. The van der Waals surface area contributed by atoms with Crippen LogP contribution in [0, 0.1) is 0 Å². The Labute approximate surface area is 203 Å². The lowest BCUT2D eigenvalue weighted by Gasteiger charge is -2.33. The van der Waals surface area contributed by atoms with Crippen LogP contribution in [0.15, 0.2) is 60.8 Å². The van der Waals surface area contributed by atoms with Gasteiger partial charge in [-0.25, -0.2) is 4.79 Å². The van der Waals surface area contributed by atoms with Gasteiger partial charge in [0.05, 0.1) is 22.7 Å². The van der Waals surface area contributed by atoms with Gasteiger partial charge in [0.2, 0.25) is 5.91 Å². The second kappa shape index (κ2) is 7.91. The molecule has 1 aliphatic carbocycles. The Morgan fingerprint density at radius 1 is 1.00 bits per heavy atom. The van der Waals surface area contributed by atoms with Crippen molar-refractivity contribution in [1.82, 2.24) is 10.3 Å². The molecule has 0 radical (unpaired) electrons. The minimum Gasteiger partial charge on any atom is -0.484 e. The van der Waals surface area contributed by atoms with Crippen molar-refractivity contribution in [2.24, 2.45) is 0 Å². The van der Waals surface area contributed by atoms with Crippen LogP contribution in [-0.2, 0) is 10.2 Å². The number of halogens is 2. The topological polar surface area (TPSA) is 107 Å². The van der Waals surface area contributed by atoms with E-state index < -0.39 is 29.8 Å². The Hall–Kier alpha value is -4.21. The van der Waals surface area contributed by atoms with E-state index in [1.54, 1.807) is 18.2 Å². The molecule has 0 saturated heterocycles. The minimum absolute atomic E-state index is 0.0666. The molecule has 2 atom stereocenters. The van der Waals surface area contributed by atoms with Gasteiger partial charge in [-0.1, -0.05) is 24.3 Å². The SMILES string of the molecule is O=C(O)c1ccc([C@H]2C[C@H](NC(=O)C3(c4ccc5c(c4)OC(F)(F)O5)CC3)c3ccccc3O2)nc1. The fourth-order valence-corrected chi connectivity index (χ4v) is 4.77. The van der Waals surface area contributed by atoms with Gasteiger partial charge in [0, 0.05) is 18.2 Å². The molecule has 0 unspecified atom stereocenters. The summed E-state index contributed by atoms with van der Waals surface area (Å²) in [6.45, 7) is 0. The molecule has 1 saturated carbocycles. The Balaban J connectivity index is 1.25. The number of rotatable bonds is 5. The maximum atomic E-state index is 13.5. The lowest BCUT2D eigenvalue weighted by Crippen LogP contribution is -2.39. The largest absolute Gasteiger partial charge is 0.586 e. The molecule has 6 rings (SSSR count). The number of ether oxygens (including phenoxy) is 3. The maximum absolute atomic E-state index is 13.5. The van der Waals surface area contributed by atoms with E-state index in [1.807, 2.05) is 18.2 Å². The van der Waals surface area contributed by atoms with Gasteiger partial charge in [-0.05, 0) is 48.7 Å². The molecule has 3 heterocycles. The minimum atomic E-state index is -3.72. The van der Waals surface area contributed by atoms with Gasteiger partial charge in [-0.15, -0.1) is 8.78 Å². The lowest BCUT2D eigenvalue weighted by molar-refractivity contribution is -0.286. The number of hydrogen-bond donors (Lipinski definition) is 2. The zero-order valence-corrected chi connectivity index (χ0v) is 18.7. The average molecular weight is 494 g/mol. The van der Waals surface area contributed by atoms with Gasteiger partial charge in [-0.2, -0.15) is 0 Å². The van der Waals surface area contributed by atoms with E-state index in [1.165, 1.54) is 24.4 Å². The van der Waals surface area contributed by atoms with E-state index in [4.69, 9.17) is 9.84 Å². The number of fused-ring (bicyclic) bond motifs is 2. The number of benzene rings is 2. The van der Waals surface area contributed by atoms with Crippen molar-refractivity contribution in [1.29, 1.82) is 0 Å². The number of amides is 1. The van der Waals surface area contributed by atoms with Crippen LogP contribution in [0.25, 0.3) is 0 Å². The number of aromatic carboxylic acids is 1. The molecule has 1 fully saturated rings. The number of carbonyl (C=O) groups is 2. The summed E-state index contributed by atoms with van der Waals surface area (Å²) < 4.78 is 42.1. The predicted octanol–water partition coefficient (Wildman–Crippen LogP) is 4.51. The summed E-state index contributed by atoms with van der Waals surface area (Å²) in [7, 11) is 0. The second-order valence-electron chi connectivity index (χ2n) is 9.09. The molecule has 0 bridgehead atoms. The standard InChI is InChI=1S/C26H20F2N2O6/c27-26(28)35-20-8-6-15(11-22(20)36-26)25(9-10-25)24(33)30-18-12-21(34-19-4-2-1-3-16(18)19)17-7-5-14(13-29-17)23(31)32/h1-8,11,13,18,21H,9-10,12H2,(H,30,33)(H,31,32)/t18-,21+/m0/s1. The zero-order valence-electron chi connectivity index (χ0n) is 18.7. The first-order valence-electron chi connectivity index (χ1n) is 11.4. The summed E-state index contributed by atoms with van der Waals surface area (Å²) in [5.41, 5.74) is 1.16. The molecule has 1 aromatic heterocycles. The first kappa shape index (κ1) is 22.3. The number of aromatic nitrogens is 1. The van der Waals surface area contributed by atoms with Crippen molar-refractivity contribution in [3.63, 3.8) is 0 Å². The first-order valence-corrected chi connectivity index (χ1v) is 11.4. The normalized spacial score (nSPS) is 22.2. The van der Waals surface area contributed by atoms with Gasteiger partial charge in [0.15, 0.2) is 11.5 Å². The number of carboxylic acid groups (broad SMARTS) is 1. The van der Waals surface area contributed by atoms with Crippen LogP contribution < -0.4 is 19.5 Å². The predicted molar refractivity (Wildman–Crippen MR) is 120 cm³/mol. The molecular weight excluding hydrogens is 474 g/mol. The number of carboxylic acids is 1. The van der Waals surface area contributed by atoms with E-state index in [0.29, 0.717) is 36.3 Å². The smallest absolute Gasteiger partial charge is 0.484 e. The molecule has 2 N–H and O–H groups in total. The van der Waals surface area contributed by atoms with Crippen LogP contribution >= 0.6 is 0 Å². The van der Waals surface area contributed by atoms with Crippen LogP contribution in [0.3, 0.4) is 0 Å². The molecule has 8 nitrogen and oxygen atoms in total. The summed E-state index contributed by atoms with van der Waals surface area (Å²) >= 11 is 0. The Kier molecular flexibility index (Phi) is 4.89. The highest BCUT2D eigenvalue weighted by molar-refractivity contribution is 5.92. The molecule has 0 spiro atoms. The fraction of sp³-hybridized carbons (Fsp3) is 0.269. The molecule has 2 aliphatic heterocycles. The Morgan fingerprint density at radius 3 is 2.50 bits per heavy atom. The van der Waals surface area contributed by atoms with Crippen LogP contribution in [-0.4, -0.2) is 28.3 Å². The third-order valence-corrected chi connectivity index (χ3v) is 6.82. The number of alkyl halides is 2. The highest BCUT2D eigenvalue weighted by Gasteiger charge is 2.53. The van der Waals surface area contributed by atoms with Gasteiger partial charge >= 0.3 is 12.3 Å². The summed E-state index contributed by atoms with van der Waals surface area (Å²) in [6, 6.07) is 14.5. The zero-order chi connectivity index (χ0) is 25.1. The number of carbonyl (C=O) groups excluding carboxylic acids is 1. The van der Waals surface area contributed by atoms with Gasteiger partial charge in [0.25, 0.3) is 0 Å². The molecule has 10 heteroatoms. The van der Waals surface area contributed by atoms with Crippen LogP contribution in [0.2, 0.25) is 0 Å². The van der Waals surface area contributed by atoms with Crippen molar-refractivity contribution < 1.29 is 37.7 Å². The molecule has 2 aromatic carbocycles. The Bertz CT molecular complexity index is 1370. The second-order valence-corrected chi connectivity index (χ2v) is 9.09. The van der Waals surface area contributed by atoms with Crippen molar-refractivity contribution in [2.75, 3.05) is 0 Å². The van der Waals surface area contributed by atoms with E-state index in [2.05, 4.69) is 19.8 Å². The Morgan fingerprint density at radius 2 is 1.78 bits per heavy atom. The van der Waals surface area contributed by atoms with Crippen molar-refractivity contribution >= 4 is 11.9 Å². The van der Waals surface area contributed by atoms with E-state index in [-0.39, 0.29) is 23.0 Å². The monoisotopic (exact) mass is 494 g/mol. The van der Waals surface area contributed by atoms with Gasteiger partial charge in [0.1, 0.15) is 11.9 Å². The molecule has 3 aromatic rings. The van der Waals surface area contributed by atoms with Gasteiger partial charge < -0.3 is 24.6 Å². The van der Waals surface area contributed by atoms with E-state index in [0.717, 1.165) is 5.56 Å². The summed E-state index contributed by atoms with van der Waals surface area (Å²) in [5, 5.41) is 12.3. The van der Waals surface area contributed by atoms with E-state index in [9.17, 15) is 18.4 Å². The average Bonchev–Trinajstić information content (AvgIpc) is 3.61. The molecular formula is C26H20F2N2O6. The highest BCUT2D eigenvalue weighted by atomic mass is 19.3. The summed E-state index contributed by atoms with van der Waals surface area (Å²) in [5.74, 6) is -0.858. The molecule has 3 aliphatic rings. The number of para-hydroxylation sites is 1. The quantitative estimate of drug-likeness (QED) is 0.537. The number of nitrogens with one attached hydrogen (secondary N) is 1. The molecule has 36 heavy (non-hydrogen) atoms. The third-order valence-electron chi connectivity index (χ3n) is 6.82. The van der Waals surface area contributed by atoms with Crippen LogP contribution in [0.4, 0.5) is 8.78 Å². The summed E-state index contributed by atoms with van der Waals surface area (Å²) in [4.78, 5) is 29.0. The lowest BCUT2D eigenvalue weighted by atomic mass is 9.91. The fourth-order valence-electron chi connectivity index (χ4n) is 4.77. The number of pyridine rings is 1. The van der Waals surface area contributed by atoms with Crippen molar-refractivity contribution in [2.45, 2.75) is 43.1 Å². The van der Waals surface area contributed by atoms with Crippen LogP contribution in [0.5, 0.6) is 17.2 Å². The summed E-state index contributed by atoms with van der Waals surface area (Å²) in [6.07, 6.45) is -1.43. The third kappa shape index (κ3) is 3.78. The number of hydrogen-bond acceptors (Lipinski definition) is 6. The molecule has 1 amide bonds. The molecule has 184 valence electrons. The number of nitrogens with zero attached hydrogens (tertiary/aromatic N) is 1. The van der Waals surface area contributed by atoms with Crippen LogP contribution in [0.1, 0.15) is 58.6 Å². The van der Waals surface area contributed by atoms with E-state index >= 15 is 0 Å².